The Kier molecular flexibility index (Phi) is 3.18. The van der Waals surface area contributed by atoms with Crippen molar-refractivity contribution >= 4 is 16.8 Å². The molecule has 3 N–H and O–H groups in total. The van der Waals surface area contributed by atoms with E-state index in [0.29, 0.717) is 10.9 Å². The number of primary amides is 1. The van der Waals surface area contributed by atoms with Crippen molar-refractivity contribution < 1.29 is 9.90 Å². The normalized spacial score (nSPS) is 10.8. The highest BCUT2D eigenvalue weighted by molar-refractivity contribution is 6.02. The van der Waals surface area contributed by atoms with E-state index in [9.17, 15) is 14.7 Å². The predicted octanol–water partition coefficient (Wildman–Crippen LogP) is 2.01. The number of carbonyl (C=O) groups is 1. The minimum absolute atomic E-state index is 0.372. The summed E-state index contributed by atoms with van der Waals surface area (Å²) in [5.74, 6) is -1.31. The first-order valence-corrected chi connectivity index (χ1v) is 6.71. The van der Waals surface area contributed by atoms with Crippen LogP contribution < -0.4 is 11.3 Å². The van der Waals surface area contributed by atoms with Gasteiger partial charge in [-0.2, -0.15) is 0 Å². The van der Waals surface area contributed by atoms with Crippen LogP contribution in [0.15, 0.2) is 53.3 Å². The zero-order valence-electron chi connectivity index (χ0n) is 11.9. The molecule has 0 radical (unpaired) electrons. The van der Waals surface area contributed by atoms with E-state index in [-0.39, 0.29) is 11.3 Å². The summed E-state index contributed by atoms with van der Waals surface area (Å²) in [6.07, 6.45) is 0. The number of nitrogens with two attached hydrogens (primary N) is 1. The van der Waals surface area contributed by atoms with Crippen LogP contribution >= 0.6 is 0 Å². The number of aryl methyl sites for hydroxylation is 1. The number of hydrogen-bond acceptors (Lipinski definition) is 3. The first kappa shape index (κ1) is 13.9. The third-order valence-electron chi connectivity index (χ3n) is 3.72. The average Bonchev–Trinajstić information content (AvgIpc) is 2.53. The highest BCUT2D eigenvalue weighted by Gasteiger charge is 2.19. The molecule has 0 aliphatic heterocycles. The van der Waals surface area contributed by atoms with Gasteiger partial charge in [0.1, 0.15) is 11.3 Å². The van der Waals surface area contributed by atoms with Crippen molar-refractivity contribution in [2.24, 2.45) is 12.8 Å². The van der Waals surface area contributed by atoms with E-state index in [0.717, 1.165) is 11.1 Å². The second kappa shape index (κ2) is 5.04. The third-order valence-corrected chi connectivity index (χ3v) is 3.72. The van der Waals surface area contributed by atoms with Gasteiger partial charge >= 0.3 is 0 Å². The number of rotatable bonds is 2. The Balaban J connectivity index is 2.38. The lowest BCUT2D eigenvalue weighted by Crippen LogP contribution is -2.28. The van der Waals surface area contributed by atoms with Gasteiger partial charge in [0.05, 0.1) is 5.52 Å². The first-order chi connectivity index (χ1) is 10.5. The standard InChI is InChI=1S/C17H14N2O3/c1-19-13-8-7-11(10-5-3-2-4-6-10)9-12(13)15(20)14(16(18)21)17(19)22/h2-9,20H,1H3,(H2,18,21). The molecule has 3 aromatic rings. The third kappa shape index (κ3) is 2.03. The van der Waals surface area contributed by atoms with Gasteiger partial charge in [-0.15, -0.1) is 0 Å². The average molecular weight is 294 g/mol. The smallest absolute Gasteiger partial charge is 0.267 e. The molecule has 5 nitrogen and oxygen atoms in total. The van der Waals surface area contributed by atoms with Gasteiger partial charge in [0.2, 0.25) is 0 Å². The van der Waals surface area contributed by atoms with E-state index in [4.69, 9.17) is 5.73 Å². The molecule has 1 amide bonds. The molecule has 0 spiro atoms. The highest BCUT2D eigenvalue weighted by atomic mass is 16.3. The fourth-order valence-corrected chi connectivity index (χ4v) is 2.56. The van der Waals surface area contributed by atoms with Gasteiger partial charge in [-0.05, 0) is 23.3 Å². The maximum Gasteiger partial charge on any atom is 0.267 e. The number of fused-ring (bicyclic) bond motifs is 1. The van der Waals surface area contributed by atoms with Crippen LogP contribution in [0.3, 0.4) is 0 Å². The number of aromatic nitrogens is 1. The molecule has 0 aliphatic carbocycles. The van der Waals surface area contributed by atoms with Crippen molar-refractivity contribution in [2.75, 3.05) is 0 Å². The molecule has 5 heteroatoms. The Morgan fingerprint density at radius 1 is 1.09 bits per heavy atom. The van der Waals surface area contributed by atoms with Crippen LogP contribution in [0.2, 0.25) is 0 Å². The molecule has 3 rings (SSSR count). The van der Waals surface area contributed by atoms with Gasteiger partial charge in [-0.25, -0.2) is 0 Å². The summed E-state index contributed by atoms with van der Waals surface area (Å²) in [6.45, 7) is 0. The van der Waals surface area contributed by atoms with Crippen LogP contribution in [0.25, 0.3) is 22.0 Å². The lowest BCUT2D eigenvalue weighted by molar-refractivity contribution is 0.0996. The quantitative estimate of drug-likeness (QED) is 0.758. The van der Waals surface area contributed by atoms with Crippen LogP contribution in [0, 0.1) is 0 Å². The molecule has 0 saturated carbocycles. The van der Waals surface area contributed by atoms with Crippen molar-refractivity contribution in [3.63, 3.8) is 0 Å². The molecular weight excluding hydrogens is 280 g/mol. The maximum atomic E-state index is 12.1. The molecule has 0 atom stereocenters. The predicted molar refractivity (Wildman–Crippen MR) is 84.8 cm³/mol. The maximum absolute atomic E-state index is 12.1. The SMILES string of the molecule is Cn1c(=O)c(C(N)=O)c(O)c2cc(-c3ccccc3)ccc21. The number of amides is 1. The lowest BCUT2D eigenvalue weighted by atomic mass is 10.0. The molecular formula is C17H14N2O3. The minimum Gasteiger partial charge on any atom is -0.506 e. The van der Waals surface area contributed by atoms with Gasteiger partial charge in [0.25, 0.3) is 11.5 Å². The molecule has 0 aliphatic rings. The van der Waals surface area contributed by atoms with Crippen LogP contribution in [0.4, 0.5) is 0 Å². The Labute approximate surface area is 126 Å². The van der Waals surface area contributed by atoms with E-state index in [1.54, 1.807) is 19.2 Å². The van der Waals surface area contributed by atoms with Crippen LogP contribution in [-0.4, -0.2) is 15.6 Å². The second-order valence-corrected chi connectivity index (χ2v) is 5.05. The van der Waals surface area contributed by atoms with Crippen LogP contribution in [0.1, 0.15) is 10.4 Å². The summed E-state index contributed by atoms with van der Waals surface area (Å²) in [6, 6.07) is 15.0. The molecule has 0 unspecified atom stereocenters. The molecule has 0 bridgehead atoms. The summed E-state index contributed by atoms with van der Waals surface area (Å²) < 4.78 is 1.31. The summed E-state index contributed by atoms with van der Waals surface area (Å²) in [7, 11) is 1.54. The monoisotopic (exact) mass is 294 g/mol. The van der Waals surface area contributed by atoms with E-state index < -0.39 is 11.5 Å². The molecule has 0 fully saturated rings. The van der Waals surface area contributed by atoms with Gasteiger partial charge in [-0.1, -0.05) is 36.4 Å². The Morgan fingerprint density at radius 3 is 2.41 bits per heavy atom. The van der Waals surface area contributed by atoms with E-state index in [2.05, 4.69) is 0 Å². The zero-order valence-corrected chi connectivity index (χ0v) is 11.9. The number of nitrogens with zero attached hydrogens (tertiary/aromatic N) is 1. The van der Waals surface area contributed by atoms with E-state index in [1.165, 1.54) is 4.57 Å². The number of benzene rings is 2. The largest absolute Gasteiger partial charge is 0.506 e. The van der Waals surface area contributed by atoms with Crippen molar-refractivity contribution in [3.05, 3.63) is 64.4 Å². The number of aromatic hydroxyl groups is 1. The topological polar surface area (TPSA) is 85.3 Å². The molecule has 22 heavy (non-hydrogen) atoms. The molecule has 1 heterocycles. The number of carbonyl (C=O) groups excluding carboxylic acids is 1. The van der Waals surface area contributed by atoms with Gasteiger partial charge in [0, 0.05) is 12.4 Å². The molecule has 0 saturated heterocycles. The van der Waals surface area contributed by atoms with Crippen molar-refractivity contribution in [1.29, 1.82) is 0 Å². The van der Waals surface area contributed by atoms with Crippen LogP contribution in [-0.2, 0) is 7.05 Å². The Hall–Kier alpha value is -3.08. The van der Waals surface area contributed by atoms with E-state index >= 15 is 0 Å². The summed E-state index contributed by atoms with van der Waals surface area (Å²) in [5, 5.41) is 10.7. The molecule has 1 aromatic heterocycles. The number of hydrogen-bond donors (Lipinski definition) is 2. The second-order valence-electron chi connectivity index (χ2n) is 5.05. The molecule has 2 aromatic carbocycles. The summed E-state index contributed by atoms with van der Waals surface area (Å²) in [4.78, 5) is 23.5. The van der Waals surface area contributed by atoms with Crippen molar-refractivity contribution in [2.45, 2.75) is 0 Å². The van der Waals surface area contributed by atoms with Crippen LogP contribution in [0.5, 0.6) is 5.75 Å². The lowest BCUT2D eigenvalue weighted by Gasteiger charge is -2.11. The minimum atomic E-state index is -0.940. The zero-order chi connectivity index (χ0) is 15.9. The fourth-order valence-electron chi connectivity index (χ4n) is 2.56. The summed E-state index contributed by atoms with van der Waals surface area (Å²) >= 11 is 0. The first-order valence-electron chi connectivity index (χ1n) is 6.71. The van der Waals surface area contributed by atoms with Crippen molar-refractivity contribution in [1.82, 2.24) is 4.57 Å². The molecule has 110 valence electrons. The Bertz CT molecular complexity index is 944. The van der Waals surface area contributed by atoms with Crippen molar-refractivity contribution in [3.8, 4) is 16.9 Å². The number of pyridine rings is 1. The van der Waals surface area contributed by atoms with Gasteiger partial charge in [-0.3, -0.25) is 9.59 Å². The Morgan fingerprint density at radius 2 is 1.77 bits per heavy atom. The van der Waals surface area contributed by atoms with Gasteiger partial charge < -0.3 is 15.4 Å². The highest BCUT2D eigenvalue weighted by Crippen LogP contribution is 2.30. The summed E-state index contributed by atoms with van der Waals surface area (Å²) in [5.41, 5.74) is 6.59. The van der Waals surface area contributed by atoms with E-state index in [1.807, 2.05) is 36.4 Å². The fraction of sp³-hybridized carbons (Fsp3) is 0.0588. The van der Waals surface area contributed by atoms with Gasteiger partial charge in [0.15, 0.2) is 0 Å².